The van der Waals surface area contributed by atoms with Gasteiger partial charge in [0.05, 0.1) is 30.3 Å². The van der Waals surface area contributed by atoms with Crippen LogP contribution in [0, 0.1) is 21.4 Å². The fourth-order valence-corrected chi connectivity index (χ4v) is 2.68. The van der Waals surface area contributed by atoms with Crippen molar-refractivity contribution in [1.82, 2.24) is 0 Å². The molecule has 0 fully saturated rings. The molecule has 0 saturated carbocycles. The lowest BCUT2D eigenvalue weighted by atomic mass is 10.0. The van der Waals surface area contributed by atoms with Crippen LogP contribution in [-0.4, -0.2) is 18.6 Å². The molecule has 0 N–H and O–H groups in total. The van der Waals surface area contributed by atoms with Crippen molar-refractivity contribution in [2.45, 2.75) is 13.3 Å². The number of methoxy groups -OCH3 is 1. The van der Waals surface area contributed by atoms with Crippen LogP contribution in [0.3, 0.4) is 0 Å². The number of non-ortho nitro benzene ring substituents is 1. The third-order valence-electron chi connectivity index (χ3n) is 3.55. The molecule has 2 aromatic carbocycles. The first-order chi connectivity index (χ1) is 12.5. The summed E-state index contributed by atoms with van der Waals surface area (Å²) in [4.78, 5) is 10.3. The Morgan fingerprint density at radius 2 is 2.00 bits per heavy atom. The number of hydrogen-bond acceptors (Lipinski definition) is 5. The van der Waals surface area contributed by atoms with Gasteiger partial charge >= 0.3 is 0 Å². The summed E-state index contributed by atoms with van der Waals surface area (Å²) in [6.45, 7) is 2.59. The summed E-state index contributed by atoms with van der Waals surface area (Å²) in [5.41, 5.74) is 1.69. The molecule has 6 nitrogen and oxygen atoms in total. The second kappa shape index (κ2) is 9.02. The minimum Gasteiger partial charge on any atom is -0.493 e. The van der Waals surface area contributed by atoms with Gasteiger partial charge in [-0.05, 0) is 47.9 Å². The Balaban J connectivity index is 2.42. The Morgan fingerprint density at radius 1 is 1.31 bits per heavy atom. The normalized spacial score (nSPS) is 10.9. The van der Waals surface area contributed by atoms with Crippen molar-refractivity contribution in [2.24, 2.45) is 0 Å². The first-order valence-corrected chi connectivity index (χ1v) is 8.66. The molecule has 0 aromatic heterocycles. The highest BCUT2D eigenvalue weighted by molar-refractivity contribution is 9.10. The fraction of sp³-hybridized carbons (Fsp3) is 0.211. The van der Waals surface area contributed by atoms with Crippen LogP contribution in [0.2, 0.25) is 0 Å². The standard InChI is InChI=1S/C19H17BrN2O4/c1-3-8-26-19-11-17(20)14(10-18(19)25-2)9-15(12-21)13-4-6-16(7-5-13)22(23)24/h4-7,9-11H,3,8H2,1-2H3/b15-9+. The molecular formula is C19H17BrN2O4. The molecule has 134 valence electrons. The Kier molecular flexibility index (Phi) is 6.75. The summed E-state index contributed by atoms with van der Waals surface area (Å²) in [7, 11) is 1.55. The summed E-state index contributed by atoms with van der Waals surface area (Å²) in [6.07, 6.45) is 2.57. The zero-order chi connectivity index (χ0) is 19.1. The van der Waals surface area contributed by atoms with E-state index in [1.54, 1.807) is 37.5 Å². The number of ether oxygens (including phenoxy) is 2. The van der Waals surface area contributed by atoms with E-state index in [0.717, 1.165) is 16.5 Å². The average molecular weight is 417 g/mol. The molecule has 0 unspecified atom stereocenters. The number of allylic oxidation sites excluding steroid dienone is 1. The summed E-state index contributed by atoms with van der Waals surface area (Å²) >= 11 is 3.48. The van der Waals surface area contributed by atoms with Crippen molar-refractivity contribution in [3.63, 3.8) is 0 Å². The molecule has 26 heavy (non-hydrogen) atoms. The number of halogens is 1. The number of hydrogen-bond donors (Lipinski definition) is 0. The SMILES string of the molecule is CCCOc1cc(Br)c(/C=C(\C#N)c2ccc([N+](=O)[O-])cc2)cc1OC. The van der Waals surface area contributed by atoms with Gasteiger partial charge in [-0.2, -0.15) is 5.26 Å². The maximum Gasteiger partial charge on any atom is 0.269 e. The lowest BCUT2D eigenvalue weighted by Crippen LogP contribution is -1.98. The van der Waals surface area contributed by atoms with Gasteiger partial charge in [-0.15, -0.1) is 0 Å². The number of rotatable bonds is 7. The van der Waals surface area contributed by atoms with E-state index >= 15 is 0 Å². The average Bonchev–Trinajstić information content (AvgIpc) is 2.65. The van der Waals surface area contributed by atoms with E-state index in [9.17, 15) is 15.4 Å². The maximum absolute atomic E-state index is 10.8. The molecular weight excluding hydrogens is 400 g/mol. The number of benzene rings is 2. The molecule has 0 atom stereocenters. The third kappa shape index (κ3) is 4.61. The molecule has 0 aliphatic carbocycles. The van der Waals surface area contributed by atoms with Crippen molar-refractivity contribution in [3.8, 4) is 17.6 Å². The van der Waals surface area contributed by atoms with E-state index in [-0.39, 0.29) is 5.69 Å². The quantitative estimate of drug-likeness (QED) is 0.267. The van der Waals surface area contributed by atoms with Crippen LogP contribution < -0.4 is 9.47 Å². The van der Waals surface area contributed by atoms with Gasteiger partial charge in [-0.25, -0.2) is 0 Å². The van der Waals surface area contributed by atoms with Crippen LogP contribution in [0.15, 0.2) is 40.9 Å². The minimum absolute atomic E-state index is 0.0219. The Labute approximate surface area is 159 Å². The Hall–Kier alpha value is -2.85. The molecule has 0 heterocycles. The number of nitro groups is 1. The van der Waals surface area contributed by atoms with Gasteiger partial charge in [0.2, 0.25) is 0 Å². The molecule has 0 radical (unpaired) electrons. The smallest absolute Gasteiger partial charge is 0.269 e. The molecule has 0 saturated heterocycles. The van der Waals surface area contributed by atoms with Crippen LogP contribution in [0.5, 0.6) is 11.5 Å². The van der Waals surface area contributed by atoms with Crippen LogP contribution >= 0.6 is 15.9 Å². The van der Waals surface area contributed by atoms with Crippen LogP contribution in [0.1, 0.15) is 24.5 Å². The van der Waals surface area contributed by atoms with Crippen molar-refractivity contribution in [2.75, 3.05) is 13.7 Å². The van der Waals surface area contributed by atoms with Gasteiger partial charge in [0, 0.05) is 16.6 Å². The topological polar surface area (TPSA) is 85.4 Å². The number of nitrogens with zero attached hydrogens (tertiary/aromatic N) is 2. The summed E-state index contributed by atoms with van der Waals surface area (Å²) in [5.74, 6) is 1.18. The summed E-state index contributed by atoms with van der Waals surface area (Å²) in [6, 6.07) is 11.6. The number of nitro benzene ring substituents is 1. The largest absolute Gasteiger partial charge is 0.493 e. The van der Waals surface area contributed by atoms with Gasteiger partial charge in [0.1, 0.15) is 0 Å². The second-order valence-electron chi connectivity index (χ2n) is 5.35. The fourth-order valence-electron chi connectivity index (χ4n) is 2.24. The van der Waals surface area contributed by atoms with E-state index in [0.29, 0.717) is 29.2 Å². The van der Waals surface area contributed by atoms with E-state index in [2.05, 4.69) is 22.0 Å². The highest BCUT2D eigenvalue weighted by Gasteiger charge is 2.12. The minimum atomic E-state index is -0.476. The zero-order valence-corrected chi connectivity index (χ0v) is 15.9. The van der Waals surface area contributed by atoms with Crippen LogP contribution in [0.25, 0.3) is 11.6 Å². The lowest BCUT2D eigenvalue weighted by Gasteiger charge is -2.12. The van der Waals surface area contributed by atoms with Gasteiger partial charge < -0.3 is 9.47 Å². The first kappa shape index (κ1) is 19.5. The van der Waals surface area contributed by atoms with E-state index in [1.807, 2.05) is 6.92 Å². The Bertz CT molecular complexity index is 870. The highest BCUT2D eigenvalue weighted by atomic mass is 79.9. The van der Waals surface area contributed by atoms with Gasteiger partial charge in [-0.3, -0.25) is 10.1 Å². The molecule has 7 heteroatoms. The van der Waals surface area contributed by atoms with Crippen LogP contribution in [0.4, 0.5) is 5.69 Å². The zero-order valence-electron chi connectivity index (χ0n) is 14.4. The van der Waals surface area contributed by atoms with Crippen molar-refractivity contribution < 1.29 is 14.4 Å². The van der Waals surface area contributed by atoms with Crippen molar-refractivity contribution in [3.05, 3.63) is 62.1 Å². The predicted molar refractivity (Wildman–Crippen MR) is 103 cm³/mol. The second-order valence-corrected chi connectivity index (χ2v) is 6.20. The van der Waals surface area contributed by atoms with E-state index < -0.39 is 4.92 Å². The van der Waals surface area contributed by atoms with Crippen molar-refractivity contribution in [1.29, 1.82) is 5.26 Å². The van der Waals surface area contributed by atoms with Gasteiger partial charge in [0.25, 0.3) is 5.69 Å². The molecule has 2 rings (SSSR count). The summed E-state index contributed by atoms with van der Waals surface area (Å²) < 4.78 is 11.8. The molecule has 0 spiro atoms. The number of nitriles is 1. The van der Waals surface area contributed by atoms with E-state index in [4.69, 9.17) is 9.47 Å². The molecule has 0 bridgehead atoms. The van der Waals surface area contributed by atoms with Gasteiger partial charge in [0.15, 0.2) is 11.5 Å². The molecule has 0 amide bonds. The van der Waals surface area contributed by atoms with Crippen LogP contribution in [-0.2, 0) is 0 Å². The Morgan fingerprint density at radius 3 is 2.54 bits per heavy atom. The highest BCUT2D eigenvalue weighted by Crippen LogP contribution is 2.35. The first-order valence-electron chi connectivity index (χ1n) is 7.87. The molecule has 2 aromatic rings. The monoisotopic (exact) mass is 416 g/mol. The molecule has 0 aliphatic rings. The van der Waals surface area contributed by atoms with Crippen molar-refractivity contribution >= 4 is 33.3 Å². The molecule has 0 aliphatic heterocycles. The maximum atomic E-state index is 10.8. The van der Waals surface area contributed by atoms with E-state index in [1.165, 1.54) is 12.1 Å². The third-order valence-corrected chi connectivity index (χ3v) is 4.24. The summed E-state index contributed by atoms with van der Waals surface area (Å²) in [5, 5.41) is 20.2. The van der Waals surface area contributed by atoms with Gasteiger partial charge in [-0.1, -0.05) is 22.9 Å². The lowest BCUT2D eigenvalue weighted by molar-refractivity contribution is -0.384. The predicted octanol–water partition coefficient (Wildman–Crippen LogP) is 5.22.